The van der Waals surface area contributed by atoms with Crippen molar-refractivity contribution < 1.29 is 9.84 Å². The largest absolute Gasteiger partial charge is 0.393 e. The van der Waals surface area contributed by atoms with E-state index in [1.165, 1.54) is 23.1 Å². The first-order valence-corrected chi connectivity index (χ1v) is 8.17. The molecule has 1 saturated heterocycles. The Morgan fingerprint density at radius 1 is 1.00 bits per heavy atom. The van der Waals surface area contributed by atoms with E-state index >= 15 is 0 Å². The molecule has 0 radical (unpaired) electrons. The summed E-state index contributed by atoms with van der Waals surface area (Å²) in [5.74, 6) is 0. The summed E-state index contributed by atoms with van der Waals surface area (Å²) in [4.78, 5) is 0. The van der Waals surface area contributed by atoms with E-state index in [4.69, 9.17) is 4.74 Å². The van der Waals surface area contributed by atoms with Gasteiger partial charge in [0.25, 0.3) is 0 Å². The Hall–Kier alpha value is -1.64. The van der Waals surface area contributed by atoms with Crippen LogP contribution in [0.2, 0.25) is 0 Å². The third-order valence-corrected chi connectivity index (χ3v) is 3.86. The second kappa shape index (κ2) is 8.72. The van der Waals surface area contributed by atoms with Gasteiger partial charge in [-0.25, -0.2) is 0 Å². The van der Waals surface area contributed by atoms with E-state index in [1.807, 2.05) is 25.1 Å². The molecular formula is C20H26O2. The van der Waals surface area contributed by atoms with Gasteiger partial charge in [0.15, 0.2) is 0 Å². The van der Waals surface area contributed by atoms with Crippen LogP contribution in [0.1, 0.15) is 32.3 Å². The van der Waals surface area contributed by atoms with E-state index in [1.54, 1.807) is 0 Å². The second-order valence-electron chi connectivity index (χ2n) is 5.69. The topological polar surface area (TPSA) is 32.8 Å². The number of epoxide rings is 1. The number of benzene rings is 2. The molecular weight excluding hydrogens is 272 g/mol. The number of aliphatic hydroxyl groups is 1. The van der Waals surface area contributed by atoms with Crippen LogP contribution in [0.15, 0.2) is 54.6 Å². The molecule has 2 aromatic carbocycles. The summed E-state index contributed by atoms with van der Waals surface area (Å²) in [5.41, 5.74) is 3.65. The molecule has 2 nitrogen and oxygen atoms in total. The molecule has 0 aliphatic carbocycles. The maximum Gasteiger partial charge on any atom is 0.0807 e. The van der Waals surface area contributed by atoms with Crippen molar-refractivity contribution in [1.29, 1.82) is 0 Å². The monoisotopic (exact) mass is 298 g/mol. The Bertz CT molecular complexity index is 529. The van der Waals surface area contributed by atoms with E-state index in [-0.39, 0.29) is 6.10 Å². The molecule has 1 fully saturated rings. The van der Waals surface area contributed by atoms with Crippen LogP contribution in [0.5, 0.6) is 0 Å². The Balaban J connectivity index is 0.000000299. The molecule has 1 aliphatic rings. The number of rotatable bonds is 5. The summed E-state index contributed by atoms with van der Waals surface area (Å²) >= 11 is 0. The smallest absolute Gasteiger partial charge is 0.0807 e. The molecule has 2 atom stereocenters. The van der Waals surface area contributed by atoms with Crippen molar-refractivity contribution >= 4 is 0 Å². The van der Waals surface area contributed by atoms with Crippen molar-refractivity contribution in [3.63, 3.8) is 0 Å². The highest BCUT2D eigenvalue weighted by molar-refractivity contribution is 5.63. The molecule has 0 amide bonds. The predicted octanol–water partition coefficient (Wildman–Crippen LogP) is 4.46. The van der Waals surface area contributed by atoms with Crippen molar-refractivity contribution in [2.45, 2.75) is 45.3 Å². The quantitative estimate of drug-likeness (QED) is 0.827. The Kier molecular flexibility index (Phi) is 6.63. The van der Waals surface area contributed by atoms with Crippen LogP contribution in [0.3, 0.4) is 0 Å². The van der Waals surface area contributed by atoms with Gasteiger partial charge in [-0.15, -0.1) is 0 Å². The minimum absolute atomic E-state index is 0.224. The van der Waals surface area contributed by atoms with E-state index in [2.05, 4.69) is 43.3 Å². The third kappa shape index (κ3) is 5.63. The first-order chi connectivity index (χ1) is 10.7. The fourth-order valence-electron chi connectivity index (χ4n) is 2.18. The highest BCUT2D eigenvalue weighted by Crippen LogP contribution is 2.19. The lowest BCUT2D eigenvalue weighted by Gasteiger charge is -2.08. The summed E-state index contributed by atoms with van der Waals surface area (Å²) in [5, 5.41) is 9.60. The molecule has 2 aromatic rings. The highest BCUT2D eigenvalue weighted by atomic mass is 16.6. The molecule has 0 saturated carbocycles. The van der Waals surface area contributed by atoms with Gasteiger partial charge in [-0.3, -0.25) is 0 Å². The average molecular weight is 298 g/mol. The molecule has 3 rings (SSSR count). The zero-order valence-electron chi connectivity index (χ0n) is 13.5. The lowest BCUT2D eigenvalue weighted by molar-refractivity contribution is 0.171. The van der Waals surface area contributed by atoms with Crippen molar-refractivity contribution in [2.75, 3.05) is 6.61 Å². The van der Waals surface area contributed by atoms with Crippen molar-refractivity contribution in [1.82, 2.24) is 0 Å². The Morgan fingerprint density at radius 2 is 1.59 bits per heavy atom. The summed E-state index contributed by atoms with van der Waals surface area (Å²) in [6.45, 7) is 5.15. The third-order valence-electron chi connectivity index (χ3n) is 3.86. The van der Waals surface area contributed by atoms with Crippen LogP contribution in [0.4, 0.5) is 0 Å². The van der Waals surface area contributed by atoms with E-state index in [0.29, 0.717) is 6.10 Å². The fraction of sp³-hybridized carbons (Fsp3) is 0.400. The highest BCUT2D eigenvalue weighted by Gasteiger charge is 2.18. The summed E-state index contributed by atoms with van der Waals surface area (Å²) < 4.78 is 4.86. The minimum Gasteiger partial charge on any atom is -0.393 e. The first kappa shape index (κ1) is 16.7. The van der Waals surface area contributed by atoms with Gasteiger partial charge in [0.1, 0.15) is 0 Å². The van der Waals surface area contributed by atoms with Crippen molar-refractivity contribution in [3.8, 4) is 11.1 Å². The maximum absolute atomic E-state index is 9.60. The molecule has 22 heavy (non-hydrogen) atoms. The SMILES string of the molecule is CCC(O)Cc1ccc(-c2ccccc2)cc1.CCC1CO1. The van der Waals surface area contributed by atoms with Gasteiger partial charge in [0.2, 0.25) is 0 Å². The fourth-order valence-corrected chi connectivity index (χ4v) is 2.18. The zero-order valence-corrected chi connectivity index (χ0v) is 13.5. The average Bonchev–Trinajstić information content (AvgIpc) is 3.41. The van der Waals surface area contributed by atoms with Gasteiger partial charge >= 0.3 is 0 Å². The first-order valence-electron chi connectivity index (χ1n) is 8.17. The van der Waals surface area contributed by atoms with Gasteiger partial charge in [0, 0.05) is 0 Å². The molecule has 2 unspecified atom stereocenters. The summed E-state index contributed by atoms with van der Waals surface area (Å²) in [6, 6.07) is 18.8. The molecule has 1 N–H and O–H groups in total. The number of aliphatic hydroxyl groups excluding tert-OH is 1. The zero-order chi connectivity index (χ0) is 15.8. The summed E-state index contributed by atoms with van der Waals surface area (Å²) in [6.07, 6.45) is 3.15. The van der Waals surface area contributed by atoms with Crippen molar-refractivity contribution in [2.24, 2.45) is 0 Å². The standard InChI is InChI=1S/C16H18O.C4H8O/c1-2-16(17)12-13-8-10-15(11-9-13)14-6-4-3-5-7-14;1-2-4-3-5-4/h3-11,16-17H,2,12H2,1H3;4H,2-3H2,1H3. The second-order valence-corrected chi connectivity index (χ2v) is 5.69. The van der Waals surface area contributed by atoms with Crippen LogP contribution in [-0.4, -0.2) is 23.9 Å². The van der Waals surface area contributed by atoms with Crippen LogP contribution in [-0.2, 0) is 11.2 Å². The lowest BCUT2D eigenvalue weighted by Crippen LogP contribution is -2.07. The summed E-state index contributed by atoms with van der Waals surface area (Å²) in [7, 11) is 0. The van der Waals surface area contributed by atoms with Crippen LogP contribution in [0.25, 0.3) is 11.1 Å². The molecule has 0 bridgehead atoms. The number of hydrogen-bond donors (Lipinski definition) is 1. The molecule has 1 heterocycles. The minimum atomic E-state index is -0.224. The van der Waals surface area contributed by atoms with Gasteiger partial charge < -0.3 is 9.84 Å². The predicted molar refractivity (Wildman–Crippen MR) is 91.9 cm³/mol. The van der Waals surface area contributed by atoms with E-state index in [0.717, 1.165) is 19.4 Å². The van der Waals surface area contributed by atoms with Crippen molar-refractivity contribution in [3.05, 3.63) is 60.2 Å². The maximum atomic E-state index is 9.60. The van der Waals surface area contributed by atoms with E-state index < -0.39 is 0 Å². The molecule has 0 spiro atoms. The van der Waals surface area contributed by atoms with Gasteiger partial charge in [-0.1, -0.05) is 68.4 Å². The van der Waals surface area contributed by atoms with Crippen LogP contribution < -0.4 is 0 Å². The Labute approximate surface area is 133 Å². The van der Waals surface area contributed by atoms with E-state index in [9.17, 15) is 5.11 Å². The van der Waals surface area contributed by atoms with Gasteiger partial charge in [-0.05, 0) is 36.0 Å². The van der Waals surface area contributed by atoms with Gasteiger partial charge in [-0.2, -0.15) is 0 Å². The molecule has 118 valence electrons. The molecule has 0 aromatic heterocycles. The van der Waals surface area contributed by atoms with Gasteiger partial charge in [0.05, 0.1) is 18.8 Å². The van der Waals surface area contributed by atoms with Crippen LogP contribution in [0, 0.1) is 0 Å². The van der Waals surface area contributed by atoms with Crippen LogP contribution >= 0.6 is 0 Å². The normalized spacial score (nSPS) is 17.3. The lowest BCUT2D eigenvalue weighted by atomic mass is 10.0. The number of hydrogen-bond acceptors (Lipinski definition) is 2. The molecule has 1 aliphatic heterocycles. The molecule has 2 heteroatoms. The number of ether oxygens (including phenoxy) is 1. The Morgan fingerprint density at radius 3 is 2.05 bits per heavy atom.